The predicted molar refractivity (Wildman–Crippen MR) is 101 cm³/mol. The smallest absolute Gasteiger partial charge is 0.336 e. The van der Waals surface area contributed by atoms with Crippen molar-refractivity contribution in [3.63, 3.8) is 0 Å². The van der Waals surface area contributed by atoms with Crippen LogP contribution in [0.3, 0.4) is 0 Å². The fraction of sp³-hybridized carbons (Fsp3) is 0.450. The van der Waals surface area contributed by atoms with Crippen LogP contribution in [0.15, 0.2) is 33.9 Å². The van der Waals surface area contributed by atoms with Gasteiger partial charge in [-0.05, 0) is 19.4 Å². The predicted octanol–water partition coefficient (Wildman–Crippen LogP) is 0.253. The lowest BCUT2D eigenvalue weighted by Gasteiger charge is -2.27. The van der Waals surface area contributed by atoms with Crippen LogP contribution in [0.25, 0.3) is 0 Å². The average Bonchev–Trinajstić information content (AvgIpc) is 3.22. The second-order valence-electron chi connectivity index (χ2n) is 7.86. The first-order chi connectivity index (χ1) is 13.8. The largest absolute Gasteiger partial charge is 0.427 e. The molecule has 0 saturated carbocycles. The summed E-state index contributed by atoms with van der Waals surface area (Å²) in [7, 11) is 0. The van der Waals surface area contributed by atoms with Crippen molar-refractivity contribution in [2.24, 2.45) is 11.3 Å². The highest BCUT2D eigenvalue weighted by Crippen LogP contribution is 2.43. The van der Waals surface area contributed by atoms with Gasteiger partial charge in [0.1, 0.15) is 11.5 Å². The molecule has 2 amide bonds. The van der Waals surface area contributed by atoms with Crippen molar-refractivity contribution in [1.29, 1.82) is 0 Å². The quantitative estimate of drug-likeness (QED) is 0.788. The third-order valence-electron chi connectivity index (χ3n) is 5.98. The molecule has 29 heavy (non-hydrogen) atoms. The summed E-state index contributed by atoms with van der Waals surface area (Å²) in [4.78, 5) is 48.7. The van der Waals surface area contributed by atoms with E-state index in [1.165, 1.54) is 24.7 Å². The lowest BCUT2D eigenvalue weighted by atomic mass is 9.82. The maximum absolute atomic E-state index is 13.1. The van der Waals surface area contributed by atoms with E-state index in [0.717, 1.165) is 0 Å². The molecule has 0 radical (unpaired) electrons. The third-order valence-corrected chi connectivity index (χ3v) is 5.98. The van der Waals surface area contributed by atoms with Crippen LogP contribution in [-0.2, 0) is 0 Å². The summed E-state index contributed by atoms with van der Waals surface area (Å²) in [5.41, 5.74) is 0.146. The van der Waals surface area contributed by atoms with Crippen molar-refractivity contribution in [2.45, 2.75) is 13.8 Å². The van der Waals surface area contributed by atoms with E-state index in [4.69, 9.17) is 4.42 Å². The standard InChI is InChI=1S/C20H22N4O5/c1-12-5-16(26)29-13(2)17(12)19(28)24-8-14-7-23(9-20(14,10-24)11-25)18(27)15-6-21-3-4-22-15/h3-6,14,25H,7-11H2,1-2H3/t14-,20+/m1/s1. The molecule has 4 rings (SSSR count). The van der Waals surface area contributed by atoms with Gasteiger partial charge in [0, 0.05) is 56.0 Å². The Morgan fingerprint density at radius 3 is 2.45 bits per heavy atom. The number of amides is 2. The Morgan fingerprint density at radius 2 is 1.90 bits per heavy atom. The summed E-state index contributed by atoms with van der Waals surface area (Å²) in [5.74, 6) is -0.213. The van der Waals surface area contributed by atoms with Crippen LogP contribution < -0.4 is 5.63 Å². The molecule has 2 atom stereocenters. The van der Waals surface area contributed by atoms with E-state index in [0.29, 0.717) is 37.3 Å². The van der Waals surface area contributed by atoms with Crippen LogP contribution in [0.4, 0.5) is 0 Å². The van der Waals surface area contributed by atoms with E-state index < -0.39 is 11.0 Å². The molecule has 0 bridgehead atoms. The molecule has 0 unspecified atom stereocenters. The second kappa shape index (κ2) is 7.07. The number of nitrogens with zero attached hydrogens (tertiary/aromatic N) is 4. The normalized spacial score (nSPS) is 23.3. The Hall–Kier alpha value is -3.07. The van der Waals surface area contributed by atoms with Crippen molar-refractivity contribution in [2.75, 3.05) is 32.8 Å². The van der Waals surface area contributed by atoms with E-state index in [1.54, 1.807) is 23.6 Å². The van der Waals surface area contributed by atoms with E-state index in [-0.39, 0.29) is 35.8 Å². The second-order valence-corrected chi connectivity index (χ2v) is 7.86. The number of carbonyl (C=O) groups excluding carboxylic acids is 2. The van der Waals surface area contributed by atoms with Gasteiger partial charge in [0.05, 0.1) is 18.4 Å². The van der Waals surface area contributed by atoms with Crippen molar-refractivity contribution in [3.05, 3.63) is 57.7 Å². The minimum Gasteiger partial charge on any atom is -0.427 e. The number of aliphatic hydroxyl groups excluding tert-OH is 1. The van der Waals surface area contributed by atoms with Crippen LogP contribution in [0.1, 0.15) is 32.2 Å². The van der Waals surface area contributed by atoms with Gasteiger partial charge in [-0.1, -0.05) is 0 Å². The number of aryl methyl sites for hydroxylation is 2. The SMILES string of the molecule is Cc1cc(=O)oc(C)c1C(=O)N1C[C@H]2CN(C(=O)c3cnccn3)C[C@@]2(CO)C1. The highest BCUT2D eigenvalue weighted by molar-refractivity contribution is 5.97. The van der Waals surface area contributed by atoms with Crippen molar-refractivity contribution in [3.8, 4) is 0 Å². The Bertz CT molecular complexity index is 995. The van der Waals surface area contributed by atoms with Gasteiger partial charge >= 0.3 is 5.63 Å². The summed E-state index contributed by atoms with van der Waals surface area (Å²) in [6, 6.07) is 1.31. The van der Waals surface area contributed by atoms with Crippen LogP contribution in [0.2, 0.25) is 0 Å². The number of fused-ring (bicyclic) bond motifs is 1. The van der Waals surface area contributed by atoms with Crippen molar-refractivity contribution < 1.29 is 19.1 Å². The highest BCUT2D eigenvalue weighted by Gasteiger charge is 2.54. The van der Waals surface area contributed by atoms with E-state index >= 15 is 0 Å². The molecule has 0 aromatic carbocycles. The van der Waals surface area contributed by atoms with Gasteiger partial charge in [0.15, 0.2) is 0 Å². The molecule has 2 aromatic rings. The molecular formula is C20H22N4O5. The zero-order valence-electron chi connectivity index (χ0n) is 16.3. The number of rotatable bonds is 3. The van der Waals surface area contributed by atoms with Crippen molar-refractivity contribution in [1.82, 2.24) is 19.8 Å². The zero-order chi connectivity index (χ0) is 20.8. The molecule has 9 heteroatoms. The maximum atomic E-state index is 13.1. The molecule has 2 aliphatic rings. The number of aromatic nitrogens is 2. The summed E-state index contributed by atoms with van der Waals surface area (Å²) >= 11 is 0. The molecular weight excluding hydrogens is 376 g/mol. The Balaban J connectivity index is 1.54. The molecule has 2 aromatic heterocycles. The van der Waals surface area contributed by atoms with Gasteiger partial charge < -0.3 is 19.3 Å². The minimum atomic E-state index is -0.578. The fourth-order valence-electron chi connectivity index (χ4n) is 4.52. The topological polar surface area (TPSA) is 117 Å². The highest BCUT2D eigenvalue weighted by atomic mass is 16.4. The third kappa shape index (κ3) is 3.21. The number of carbonyl (C=O) groups is 2. The van der Waals surface area contributed by atoms with E-state index in [9.17, 15) is 19.5 Å². The molecule has 152 valence electrons. The monoisotopic (exact) mass is 398 g/mol. The lowest BCUT2D eigenvalue weighted by molar-refractivity contribution is 0.0661. The van der Waals surface area contributed by atoms with Crippen LogP contribution in [0.5, 0.6) is 0 Å². The van der Waals surface area contributed by atoms with E-state index in [2.05, 4.69) is 9.97 Å². The van der Waals surface area contributed by atoms with Gasteiger partial charge in [-0.2, -0.15) is 0 Å². The first-order valence-corrected chi connectivity index (χ1v) is 9.41. The molecule has 9 nitrogen and oxygen atoms in total. The van der Waals surface area contributed by atoms with Crippen molar-refractivity contribution >= 4 is 11.8 Å². The average molecular weight is 398 g/mol. The van der Waals surface area contributed by atoms with Gasteiger partial charge in [-0.25, -0.2) is 9.78 Å². The Kier molecular flexibility index (Phi) is 4.70. The molecule has 4 heterocycles. The van der Waals surface area contributed by atoms with Gasteiger partial charge in [0.2, 0.25) is 0 Å². The number of aliphatic hydroxyl groups is 1. The first-order valence-electron chi connectivity index (χ1n) is 9.41. The summed E-state index contributed by atoms with van der Waals surface area (Å²) < 4.78 is 5.09. The molecule has 0 spiro atoms. The number of likely N-dealkylation sites (tertiary alicyclic amines) is 2. The van der Waals surface area contributed by atoms with Gasteiger partial charge in [-0.3, -0.25) is 14.6 Å². The Labute approximate surface area is 167 Å². The molecule has 0 aliphatic carbocycles. The van der Waals surface area contributed by atoms with Crippen LogP contribution in [-0.4, -0.2) is 69.5 Å². The fourth-order valence-corrected chi connectivity index (χ4v) is 4.52. The number of hydrogen-bond donors (Lipinski definition) is 1. The minimum absolute atomic E-state index is 0.0478. The lowest BCUT2D eigenvalue weighted by Crippen LogP contribution is -2.41. The molecule has 2 aliphatic heterocycles. The molecule has 1 N–H and O–H groups in total. The van der Waals surface area contributed by atoms with E-state index in [1.807, 2.05) is 0 Å². The zero-order valence-corrected chi connectivity index (χ0v) is 16.3. The van der Waals surface area contributed by atoms with Gasteiger partial charge in [-0.15, -0.1) is 0 Å². The summed E-state index contributed by atoms with van der Waals surface area (Å²) in [5, 5.41) is 10.1. The Morgan fingerprint density at radius 1 is 1.21 bits per heavy atom. The summed E-state index contributed by atoms with van der Waals surface area (Å²) in [6.45, 7) is 4.69. The van der Waals surface area contributed by atoms with Gasteiger partial charge in [0.25, 0.3) is 11.8 Å². The first kappa shape index (κ1) is 19.3. The van der Waals surface area contributed by atoms with Crippen LogP contribution in [0, 0.1) is 25.2 Å². The maximum Gasteiger partial charge on any atom is 0.336 e. The molecule has 2 saturated heterocycles. The number of hydrogen-bond acceptors (Lipinski definition) is 7. The van der Waals surface area contributed by atoms with Crippen LogP contribution >= 0.6 is 0 Å². The summed E-state index contributed by atoms with van der Waals surface area (Å²) in [6.07, 6.45) is 4.39. The molecule has 2 fully saturated rings.